The first kappa shape index (κ1) is 32.6. The van der Waals surface area contributed by atoms with Crippen molar-refractivity contribution in [3.05, 3.63) is 95.2 Å². The molecule has 1 fully saturated rings. The van der Waals surface area contributed by atoms with E-state index in [1.165, 1.54) is 4.57 Å². The first-order valence-electron chi connectivity index (χ1n) is 15.5. The molecule has 1 heterocycles. The maximum atomic E-state index is 13.7. The molecule has 0 aliphatic heterocycles. The third-order valence-electron chi connectivity index (χ3n) is 8.52. The Morgan fingerprint density at radius 2 is 1.57 bits per heavy atom. The number of carbonyl (C=O) groups excluding carboxylic acids is 2. The zero-order valence-corrected chi connectivity index (χ0v) is 26.5. The summed E-state index contributed by atoms with van der Waals surface area (Å²) in [6.07, 6.45) is 3.15. The number of para-hydroxylation sites is 1. The van der Waals surface area contributed by atoms with Gasteiger partial charge in [0.1, 0.15) is 29.8 Å². The van der Waals surface area contributed by atoms with E-state index in [-0.39, 0.29) is 36.8 Å². The van der Waals surface area contributed by atoms with E-state index < -0.39 is 24.5 Å². The highest BCUT2D eigenvalue weighted by Gasteiger charge is 2.31. The van der Waals surface area contributed by atoms with Gasteiger partial charge in [0.2, 0.25) is 5.91 Å². The molecule has 0 bridgehead atoms. The van der Waals surface area contributed by atoms with E-state index in [1.54, 1.807) is 32.4 Å². The first-order valence-corrected chi connectivity index (χ1v) is 15.5. The number of carboxylic acids is 1. The van der Waals surface area contributed by atoms with Crippen molar-refractivity contribution >= 4 is 28.7 Å². The maximum absolute atomic E-state index is 13.7. The molecule has 1 aliphatic carbocycles. The zero-order chi connectivity index (χ0) is 32.6. The van der Waals surface area contributed by atoms with E-state index in [4.69, 9.17) is 14.2 Å². The monoisotopic (exact) mass is 627 g/mol. The van der Waals surface area contributed by atoms with Crippen molar-refractivity contribution in [2.24, 2.45) is 0 Å². The lowest BCUT2D eigenvalue weighted by atomic mass is 9.80. The molecule has 1 aromatic heterocycles. The average molecular weight is 628 g/mol. The number of amides is 2. The number of carboxylic acid groups (broad SMARTS) is 1. The van der Waals surface area contributed by atoms with E-state index in [9.17, 15) is 19.5 Å². The van der Waals surface area contributed by atoms with Gasteiger partial charge in [-0.3, -0.25) is 14.4 Å². The van der Waals surface area contributed by atoms with E-state index in [0.717, 1.165) is 59.3 Å². The summed E-state index contributed by atoms with van der Waals surface area (Å²) in [6, 6.07) is 21.4. The summed E-state index contributed by atoms with van der Waals surface area (Å²) < 4.78 is 18.8. The molecule has 242 valence electrons. The molecule has 0 unspecified atom stereocenters. The first-order chi connectivity index (χ1) is 22.3. The molecule has 2 amide bonds. The van der Waals surface area contributed by atoms with Crippen molar-refractivity contribution in [2.45, 2.75) is 63.8 Å². The quantitative estimate of drug-likeness (QED) is 0.186. The van der Waals surface area contributed by atoms with Gasteiger partial charge in [0.15, 0.2) is 0 Å². The Morgan fingerprint density at radius 1 is 0.913 bits per heavy atom. The van der Waals surface area contributed by atoms with Gasteiger partial charge in [-0.1, -0.05) is 48.5 Å². The Kier molecular flexibility index (Phi) is 10.6. The predicted octanol–water partition coefficient (Wildman–Crippen LogP) is 5.21. The number of aromatic nitrogens is 1. The van der Waals surface area contributed by atoms with Crippen molar-refractivity contribution in [1.82, 2.24) is 15.2 Å². The number of methoxy groups -OCH3 is 2. The zero-order valence-electron chi connectivity index (χ0n) is 26.5. The second-order valence-corrected chi connectivity index (χ2v) is 11.7. The average Bonchev–Trinajstić information content (AvgIpc) is 3.42. The van der Waals surface area contributed by atoms with Crippen molar-refractivity contribution in [1.29, 1.82) is 0 Å². The van der Waals surface area contributed by atoms with Crippen LogP contribution in [-0.2, 0) is 27.5 Å². The van der Waals surface area contributed by atoms with Gasteiger partial charge >= 0.3 is 5.97 Å². The summed E-state index contributed by atoms with van der Waals surface area (Å²) in [5.41, 5.74) is 3.83. The fourth-order valence-corrected chi connectivity index (χ4v) is 6.29. The Bertz CT molecular complexity index is 1650. The van der Waals surface area contributed by atoms with Gasteiger partial charge in [-0.25, -0.2) is 0 Å². The van der Waals surface area contributed by atoms with Crippen molar-refractivity contribution < 1.29 is 33.7 Å². The van der Waals surface area contributed by atoms with Gasteiger partial charge < -0.3 is 34.5 Å². The standard InChI is InChI=1S/C36H41N3O7/c1-23-17-31(44-2)34(32(18-23)45-3)25-13-15-27(16-14-25)37-35(42)28(22-46-21-24-9-5-4-6-10-24)38-36(43)30-19-26-11-7-8-12-29(26)39(30)20-33(40)41/h4-12,17-19,25,27-28H,13-16,20-22H2,1-3H3,(H,37,42)(H,38,43)(H,40,41)/t25?,27?,28-/m1/s1. The summed E-state index contributed by atoms with van der Waals surface area (Å²) in [6.45, 7) is 1.83. The number of fused-ring (bicyclic) bond motifs is 1. The van der Waals surface area contributed by atoms with Crippen LogP contribution in [0.5, 0.6) is 11.5 Å². The summed E-state index contributed by atoms with van der Waals surface area (Å²) in [4.78, 5) is 39.0. The van der Waals surface area contributed by atoms with Crippen LogP contribution in [0.25, 0.3) is 10.9 Å². The smallest absolute Gasteiger partial charge is 0.323 e. The lowest BCUT2D eigenvalue weighted by Gasteiger charge is -2.32. The number of nitrogens with one attached hydrogen (secondary N) is 2. The Hall–Kier alpha value is -4.83. The largest absolute Gasteiger partial charge is 0.496 e. The summed E-state index contributed by atoms with van der Waals surface area (Å²) in [5, 5.41) is 16.2. The van der Waals surface area contributed by atoms with Gasteiger partial charge in [0, 0.05) is 22.5 Å². The number of aliphatic carboxylic acids is 1. The number of nitrogens with zero attached hydrogens (tertiary/aromatic N) is 1. The van der Waals surface area contributed by atoms with Crippen LogP contribution in [0.2, 0.25) is 0 Å². The van der Waals surface area contributed by atoms with Crippen LogP contribution >= 0.6 is 0 Å². The second kappa shape index (κ2) is 15.0. The number of carbonyl (C=O) groups is 3. The normalized spacial score (nSPS) is 16.8. The van der Waals surface area contributed by atoms with E-state index >= 15 is 0 Å². The van der Waals surface area contributed by atoms with E-state index in [2.05, 4.69) is 10.6 Å². The fraction of sp³-hybridized carbons (Fsp3) is 0.361. The molecule has 3 N–H and O–H groups in total. The number of ether oxygens (including phenoxy) is 3. The summed E-state index contributed by atoms with van der Waals surface area (Å²) >= 11 is 0. The number of hydrogen-bond acceptors (Lipinski definition) is 6. The van der Waals surface area contributed by atoms with E-state index in [1.807, 2.05) is 61.5 Å². The van der Waals surface area contributed by atoms with Crippen LogP contribution in [0.4, 0.5) is 0 Å². The molecule has 3 aromatic carbocycles. The number of hydrogen-bond donors (Lipinski definition) is 3. The third kappa shape index (κ3) is 7.69. The molecular weight excluding hydrogens is 586 g/mol. The molecule has 0 spiro atoms. The van der Waals surface area contributed by atoms with Gasteiger partial charge in [-0.05, 0) is 73.9 Å². The molecule has 1 atom stereocenters. The highest BCUT2D eigenvalue weighted by Crippen LogP contribution is 2.43. The molecular formula is C36H41N3O7. The SMILES string of the molecule is COc1cc(C)cc(OC)c1C1CCC(NC(=O)[C@@H](COCc2ccccc2)NC(=O)c2cc3ccccc3n2CC(=O)O)CC1. The lowest BCUT2D eigenvalue weighted by molar-refractivity contribution is -0.137. The Morgan fingerprint density at radius 3 is 2.22 bits per heavy atom. The minimum Gasteiger partial charge on any atom is -0.496 e. The fourth-order valence-electron chi connectivity index (χ4n) is 6.29. The predicted molar refractivity (Wildman–Crippen MR) is 174 cm³/mol. The van der Waals surface area contributed by atoms with Gasteiger partial charge in [-0.15, -0.1) is 0 Å². The van der Waals surface area contributed by atoms with Crippen molar-refractivity contribution in [3.8, 4) is 11.5 Å². The minimum atomic E-state index is -1.08. The van der Waals surface area contributed by atoms with Gasteiger partial charge in [0.25, 0.3) is 5.91 Å². The molecule has 10 heteroatoms. The van der Waals surface area contributed by atoms with Crippen LogP contribution < -0.4 is 20.1 Å². The Balaban J connectivity index is 1.29. The highest BCUT2D eigenvalue weighted by atomic mass is 16.5. The molecule has 0 saturated heterocycles. The molecule has 10 nitrogen and oxygen atoms in total. The summed E-state index contributed by atoms with van der Waals surface area (Å²) in [5.74, 6) is -0.141. The third-order valence-corrected chi connectivity index (χ3v) is 8.52. The lowest BCUT2D eigenvalue weighted by Crippen LogP contribution is -2.52. The molecule has 1 saturated carbocycles. The van der Waals surface area contributed by atoms with Gasteiger partial charge in [-0.2, -0.15) is 0 Å². The highest BCUT2D eigenvalue weighted by molar-refractivity contribution is 6.01. The van der Waals surface area contributed by atoms with Gasteiger partial charge in [0.05, 0.1) is 27.4 Å². The molecule has 0 radical (unpaired) electrons. The van der Waals surface area contributed by atoms with Crippen LogP contribution in [0, 0.1) is 6.92 Å². The van der Waals surface area contributed by atoms with Crippen molar-refractivity contribution in [3.63, 3.8) is 0 Å². The second-order valence-electron chi connectivity index (χ2n) is 11.7. The minimum absolute atomic E-state index is 0.0568. The maximum Gasteiger partial charge on any atom is 0.323 e. The van der Waals surface area contributed by atoms with Crippen LogP contribution in [-0.4, -0.2) is 60.4 Å². The Labute approximate surface area is 268 Å². The van der Waals surface area contributed by atoms with Crippen LogP contribution in [0.1, 0.15) is 58.8 Å². The molecule has 46 heavy (non-hydrogen) atoms. The number of benzene rings is 3. The molecule has 4 aromatic rings. The van der Waals surface area contributed by atoms with Crippen molar-refractivity contribution in [2.75, 3.05) is 20.8 Å². The molecule has 1 aliphatic rings. The van der Waals surface area contributed by atoms with Crippen LogP contribution in [0.15, 0.2) is 72.8 Å². The number of rotatable bonds is 13. The van der Waals surface area contributed by atoms with Crippen LogP contribution in [0.3, 0.4) is 0 Å². The number of aryl methyl sites for hydroxylation is 1. The molecule has 5 rings (SSSR count). The van der Waals surface area contributed by atoms with E-state index in [0.29, 0.717) is 5.52 Å². The summed E-state index contributed by atoms with van der Waals surface area (Å²) in [7, 11) is 3.33. The topological polar surface area (TPSA) is 128 Å².